The molecule has 0 bridgehead atoms. The van der Waals surface area contributed by atoms with Crippen LogP contribution in [-0.4, -0.2) is 23.4 Å². The minimum absolute atomic E-state index is 0.116. The maximum absolute atomic E-state index is 9.34. The summed E-state index contributed by atoms with van der Waals surface area (Å²) >= 11 is 0. The Labute approximate surface area is 96.9 Å². The Balaban J connectivity index is 2.00. The van der Waals surface area contributed by atoms with Crippen molar-refractivity contribution in [3.63, 3.8) is 0 Å². The Morgan fingerprint density at radius 2 is 1.56 bits per heavy atom. The molecule has 2 heteroatoms. The van der Waals surface area contributed by atoms with E-state index in [-0.39, 0.29) is 18.6 Å². The van der Waals surface area contributed by atoms with E-state index in [4.69, 9.17) is 0 Å². The first-order chi connectivity index (χ1) is 7.79. The molecule has 0 aliphatic heterocycles. The number of rotatable bonds is 3. The van der Waals surface area contributed by atoms with Crippen molar-refractivity contribution in [3.05, 3.63) is 35.9 Å². The van der Waals surface area contributed by atoms with Gasteiger partial charge in [-0.2, -0.15) is 0 Å². The molecule has 1 aliphatic carbocycles. The van der Waals surface area contributed by atoms with Gasteiger partial charge >= 0.3 is 0 Å². The molecule has 0 heterocycles. The summed E-state index contributed by atoms with van der Waals surface area (Å²) in [7, 11) is 0. The quantitative estimate of drug-likeness (QED) is 0.820. The molecule has 2 nitrogen and oxygen atoms in total. The molecule has 0 atom stereocenters. The molecular weight excluding hydrogens is 200 g/mol. The number of aliphatic hydroxyl groups excluding tert-OH is 2. The fourth-order valence-corrected chi connectivity index (χ4v) is 2.65. The summed E-state index contributed by atoms with van der Waals surface area (Å²) in [5, 5.41) is 18.7. The van der Waals surface area contributed by atoms with Crippen LogP contribution in [-0.2, 0) is 0 Å². The van der Waals surface area contributed by atoms with Gasteiger partial charge in [-0.1, -0.05) is 30.3 Å². The lowest BCUT2D eigenvalue weighted by Crippen LogP contribution is -2.34. The van der Waals surface area contributed by atoms with Crippen molar-refractivity contribution in [3.8, 4) is 0 Å². The van der Waals surface area contributed by atoms with E-state index in [2.05, 4.69) is 24.3 Å². The third kappa shape index (κ3) is 2.28. The van der Waals surface area contributed by atoms with Crippen LogP contribution in [0.1, 0.15) is 37.2 Å². The summed E-state index contributed by atoms with van der Waals surface area (Å²) in [6, 6.07) is 10.5. The molecule has 0 unspecified atom stereocenters. The van der Waals surface area contributed by atoms with Gasteiger partial charge in [-0.15, -0.1) is 0 Å². The van der Waals surface area contributed by atoms with Crippen molar-refractivity contribution in [2.24, 2.45) is 5.41 Å². The molecule has 0 saturated heterocycles. The van der Waals surface area contributed by atoms with Gasteiger partial charge in [0.25, 0.3) is 0 Å². The first-order valence-electron chi connectivity index (χ1n) is 6.06. The molecule has 88 valence electrons. The predicted molar refractivity (Wildman–Crippen MR) is 64.3 cm³/mol. The number of hydrogen-bond acceptors (Lipinski definition) is 2. The van der Waals surface area contributed by atoms with Crippen LogP contribution in [0, 0.1) is 5.41 Å². The van der Waals surface area contributed by atoms with Gasteiger partial charge in [-0.3, -0.25) is 0 Å². The molecule has 1 saturated carbocycles. The lowest BCUT2D eigenvalue weighted by atomic mass is 9.70. The van der Waals surface area contributed by atoms with Crippen LogP contribution in [0.3, 0.4) is 0 Å². The monoisotopic (exact) mass is 220 g/mol. The summed E-state index contributed by atoms with van der Waals surface area (Å²) < 4.78 is 0. The predicted octanol–water partition coefficient (Wildman–Crippen LogP) is 2.32. The zero-order chi connectivity index (χ0) is 11.4. The van der Waals surface area contributed by atoms with E-state index in [0.29, 0.717) is 5.92 Å². The van der Waals surface area contributed by atoms with E-state index in [9.17, 15) is 10.2 Å². The van der Waals surface area contributed by atoms with Gasteiger partial charge in [0.15, 0.2) is 0 Å². The standard InChI is InChI=1S/C14H20O2/c15-10-14(11-16)8-6-13(7-9-14)12-4-2-1-3-5-12/h1-5,13,15-16H,6-11H2. The van der Waals surface area contributed by atoms with Crippen LogP contribution < -0.4 is 0 Å². The molecule has 2 rings (SSSR count). The van der Waals surface area contributed by atoms with Gasteiger partial charge in [0.1, 0.15) is 0 Å². The maximum Gasteiger partial charge on any atom is 0.0509 e. The highest BCUT2D eigenvalue weighted by Crippen LogP contribution is 2.42. The van der Waals surface area contributed by atoms with Gasteiger partial charge in [0.2, 0.25) is 0 Å². The fraction of sp³-hybridized carbons (Fsp3) is 0.571. The highest BCUT2D eigenvalue weighted by atomic mass is 16.3. The van der Waals surface area contributed by atoms with Crippen LogP contribution >= 0.6 is 0 Å². The van der Waals surface area contributed by atoms with Crippen molar-refractivity contribution >= 4 is 0 Å². The summed E-state index contributed by atoms with van der Waals surface area (Å²) in [6.07, 6.45) is 4.01. The lowest BCUT2D eigenvalue weighted by molar-refractivity contribution is 0.0188. The third-order valence-corrected chi connectivity index (χ3v) is 3.99. The molecule has 1 aromatic carbocycles. The Kier molecular flexibility index (Phi) is 3.62. The normalized spacial score (nSPS) is 20.9. The van der Waals surface area contributed by atoms with Gasteiger partial charge in [-0.25, -0.2) is 0 Å². The summed E-state index contributed by atoms with van der Waals surface area (Å²) in [5.41, 5.74) is 1.18. The molecule has 2 N–H and O–H groups in total. The zero-order valence-electron chi connectivity index (χ0n) is 9.60. The van der Waals surface area contributed by atoms with Crippen molar-refractivity contribution in [2.75, 3.05) is 13.2 Å². The highest BCUT2D eigenvalue weighted by molar-refractivity contribution is 5.20. The zero-order valence-corrected chi connectivity index (χ0v) is 9.60. The first-order valence-corrected chi connectivity index (χ1v) is 6.06. The van der Waals surface area contributed by atoms with E-state index in [1.54, 1.807) is 0 Å². The third-order valence-electron chi connectivity index (χ3n) is 3.99. The van der Waals surface area contributed by atoms with Crippen LogP contribution in [0.25, 0.3) is 0 Å². The molecular formula is C14H20O2. The van der Waals surface area contributed by atoms with E-state index >= 15 is 0 Å². The molecule has 0 amide bonds. The summed E-state index contributed by atoms with van der Waals surface area (Å²) in [5.74, 6) is 0.604. The molecule has 0 aromatic heterocycles. The number of aliphatic hydroxyl groups is 2. The number of hydrogen-bond donors (Lipinski definition) is 2. The van der Waals surface area contributed by atoms with Crippen molar-refractivity contribution in [2.45, 2.75) is 31.6 Å². The molecule has 0 spiro atoms. The Morgan fingerprint density at radius 1 is 1.00 bits per heavy atom. The molecule has 0 radical (unpaired) electrons. The topological polar surface area (TPSA) is 40.5 Å². The smallest absolute Gasteiger partial charge is 0.0509 e. The molecule has 16 heavy (non-hydrogen) atoms. The number of benzene rings is 1. The van der Waals surface area contributed by atoms with Crippen molar-refractivity contribution in [1.29, 1.82) is 0 Å². The minimum atomic E-state index is -0.217. The van der Waals surface area contributed by atoms with E-state index in [0.717, 1.165) is 25.7 Å². The van der Waals surface area contributed by atoms with Crippen LogP contribution in [0.2, 0.25) is 0 Å². The second kappa shape index (κ2) is 4.98. The maximum atomic E-state index is 9.34. The van der Waals surface area contributed by atoms with Gasteiger partial charge < -0.3 is 10.2 Å². The van der Waals surface area contributed by atoms with Gasteiger partial charge in [0, 0.05) is 5.41 Å². The molecule has 1 fully saturated rings. The van der Waals surface area contributed by atoms with Crippen molar-refractivity contribution in [1.82, 2.24) is 0 Å². The second-order valence-electron chi connectivity index (χ2n) is 5.00. The van der Waals surface area contributed by atoms with E-state index < -0.39 is 0 Å². The minimum Gasteiger partial charge on any atom is -0.396 e. The van der Waals surface area contributed by atoms with E-state index in [1.165, 1.54) is 5.56 Å². The Bertz CT molecular complexity index is 307. The first kappa shape index (κ1) is 11.6. The average Bonchev–Trinajstić information content (AvgIpc) is 2.40. The lowest BCUT2D eigenvalue weighted by Gasteiger charge is -2.37. The van der Waals surface area contributed by atoms with Crippen LogP contribution in [0.5, 0.6) is 0 Å². The average molecular weight is 220 g/mol. The largest absolute Gasteiger partial charge is 0.396 e. The fourth-order valence-electron chi connectivity index (χ4n) is 2.65. The van der Waals surface area contributed by atoms with Gasteiger partial charge in [0.05, 0.1) is 13.2 Å². The Morgan fingerprint density at radius 3 is 2.06 bits per heavy atom. The summed E-state index contributed by atoms with van der Waals surface area (Å²) in [4.78, 5) is 0. The van der Waals surface area contributed by atoms with Crippen molar-refractivity contribution < 1.29 is 10.2 Å². The highest BCUT2D eigenvalue weighted by Gasteiger charge is 2.34. The Hall–Kier alpha value is -0.860. The second-order valence-corrected chi connectivity index (χ2v) is 5.00. The van der Waals surface area contributed by atoms with Gasteiger partial charge in [-0.05, 0) is 37.2 Å². The van der Waals surface area contributed by atoms with E-state index in [1.807, 2.05) is 6.07 Å². The van der Waals surface area contributed by atoms with Crippen LogP contribution in [0.4, 0.5) is 0 Å². The molecule has 1 aliphatic rings. The molecule has 1 aromatic rings. The summed E-state index contributed by atoms with van der Waals surface area (Å²) in [6.45, 7) is 0.232. The SMILES string of the molecule is OCC1(CO)CCC(c2ccccc2)CC1. The van der Waals surface area contributed by atoms with Crippen LogP contribution in [0.15, 0.2) is 30.3 Å².